The van der Waals surface area contributed by atoms with Crippen molar-refractivity contribution in [3.05, 3.63) is 23.9 Å². The van der Waals surface area contributed by atoms with E-state index in [9.17, 15) is 0 Å². The summed E-state index contributed by atoms with van der Waals surface area (Å²) >= 11 is 0. The Morgan fingerprint density at radius 3 is 2.94 bits per heavy atom. The molecule has 0 amide bonds. The van der Waals surface area contributed by atoms with E-state index in [4.69, 9.17) is 9.47 Å². The van der Waals surface area contributed by atoms with Crippen LogP contribution < -0.4 is 10.1 Å². The van der Waals surface area contributed by atoms with E-state index in [0.717, 1.165) is 25.3 Å². The topological polar surface area (TPSA) is 43.4 Å². The Labute approximate surface area is 109 Å². The standard InChI is InChI=1S/C14H22N2O2/c1-14(2,3)15-9-11-5-4-6-13(16-11)18-12-7-8-17-10-12/h4-6,12,15H,7-10H2,1-3H3. The molecule has 18 heavy (non-hydrogen) atoms. The molecule has 1 saturated heterocycles. The number of hydrogen-bond acceptors (Lipinski definition) is 4. The van der Waals surface area contributed by atoms with Crippen LogP contribution in [0.25, 0.3) is 0 Å². The van der Waals surface area contributed by atoms with Gasteiger partial charge in [-0.25, -0.2) is 4.98 Å². The van der Waals surface area contributed by atoms with Crippen LogP contribution in [-0.2, 0) is 11.3 Å². The van der Waals surface area contributed by atoms with Gasteiger partial charge in [-0.15, -0.1) is 0 Å². The largest absolute Gasteiger partial charge is 0.472 e. The number of nitrogens with one attached hydrogen (secondary N) is 1. The van der Waals surface area contributed by atoms with Crippen molar-refractivity contribution < 1.29 is 9.47 Å². The molecule has 1 aromatic heterocycles. The third kappa shape index (κ3) is 4.27. The average molecular weight is 250 g/mol. The smallest absolute Gasteiger partial charge is 0.213 e. The summed E-state index contributed by atoms with van der Waals surface area (Å²) in [5, 5.41) is 3.42. The second-order valence-corrected chi connectivity index (χ2v) is 5.67. The minimum Gasteiger partial charge on any atom is -0.472 e. The van der Waals surface area contributed by atoms with Crippen LogP contribution in [0.4, 0.5) is 0 Å². The van der Waals surface area contributed by atoms with E-state index in [1.54, 1.807) is 0 Å². The van der Waals surface area contributed by atoms with Gasteiger partial charge in [-0.1, -0.05) is 6.07 Å². The molecule has 1 aliphatic heterocycles. The number of rotatable bonds is 4. The highest BCUT2D eigenvalue weighted by Gasteiger charge is 2.17. The molecule has 0 bridgehead atoms. The summed E-state index contributed by atoms with van der Waals surface area (Å²) in [5.41, 5.74) is 1.10. The van der Waals surface area contributed by atoms with Crippen LogP contribution >= 0.6 is 0 Å². The predicted octanol–water partition coefficient (Wildman–Crippen LogP) is 2.14. The number of nitrogens with zero attached hydrogens (tertiary/aromatic N) is 1. The normalized spacial score (nSPS) is 20.1. The molecular weight excluding hydrogens is 228 g/mol. The zero-order chi connectivity index (χ0) is 13.0. The molecule has 1 N–H and O–H groups in total. The lowest BCUT2D eigenvalue weighted by Crippen LogP contribution is -2.35. The first-order chi connectivity index (χ1) is 8.53. The van der Waals surface area contributed by atoms with Crippen LogP contribution in [-0.4, -0.2) is 29.8 Å². The van der Waals surface area contributed by atoms with E-state index in [1.807, 2.05) is 18.2 Å². The van der Waals surface area contributed by atoms with Gasteiger partial charge in [-0.3, -0.25) is 0 Å². The van der Waals surface area contributed by atoms with Gasteiger partial charge in [0.25, 0.3) is 0 Å². The number of hydrogen-bond donors (Lipinski definition) is 1. The number of pyridine rings is 1. The Morgan fingerprint density at radius 2 is 2.28 bits per heavy atom. The summed E-state index contributed by atoms with van der Waals surface area (Å²) in [6.45, 7) is 8.64. The first-order valence-electron chi connectivity index (χ1n) is 6.48. The second-order valence-electron chi connectivity index (χ2n) is 5.67. The minimum absolute atomic E-state index is 0.0951. The Morgan fingerprint density at radius 1 is 1.44 bits per heavy atom. The van der Waals surface area contributed by atoms with E-state index in [1.165, 1.54) is 0 Å². The van der Waals surface area contributed by atoms with Crippen molar-refractivity contribution in [2.75, 3.05) is 13.2 Å². The van der Waals surface area contributed by atoms with Crippen LogP contribution in [0, 0.1) is 0 Å². The Kier molecular flexibility index (Phi) is 4.19. The molecule has 4 heteroatoms. The molecule has 0 aromatic carbocycles. The molecule has 1 fully saturated rings. The summed E-state index contributed by atoms with van der Waals surface area (Å²) in [6, 6.07) is 5.90. The zero-order valence-corrected chi connectivity index (χ0v) is 11.4. The molecule has 100 valence electrons. The van der Waals surface area contributed by atoms with E-state index < -0.39 is 0 Å². The summed E-state index contributed by atoms with van der Waals surface area (Å²) in [5.74, 6) is 0.693. The molecular formula is C14H22N2O2. The Balaban J connectivity index is 1.92. The van der Waals surface area contributed by atoms with Crippen LogP contribution in [0.2, 0.25) is 0 Å². The van der Waals surface area contributed by atoms with Crippen molar-refractivity contribution in [3.63, 3.8) is 0 Å². The summed E-state index contributed by atoms with van der Waals surface area (Å²) in [4.78, 5) is 4.50. The first kappa shape index (κ1) is 13.3. The predicted molar refractivity (Wildman–Crippen MR) is 70.7 cm³/mol. The maximum absolute atomic E-state index is 5.78. The van der Waals surface area contributed by atoms with Gasteiger partial charge in [0.2, 0.25) is 5.88 Å². The maximum Gasteiger partial charge on any atom is 0.213 e. The summed E-state index contributed by atoms with van der Waals surface area (Å²) in [6.07, 6.45) is 1.11. The lowest BCUT2D eigenvalue weighted by atomic mass is 10.1. The molecule has 0 saturated carbocycles. The average Bonchev–Trinajstić information content (AvgIpc) is 2.79. The second kappa shape index (κ2) is 5.67. The van der Waals surface area contributed by atoms with Gasteiger partial charge in [0.05, 0.1) is 18.9 Å². The monoisotopic (exact) mass is 250 g/mol. The third-order valence-corrected chi connectivity index (χ3v) is 2.76. The minimum atomic E-state index is 0.0951. The number of aromatic nitrogens is 1. The van der Waals surface area contributed by atoms with Crippen LogP contribution in [0.3, 0.4) is 0 Å². The SMILES string of the molecule is CC(C)(C)NCc1cccc(OC2CCOC2)n1. The van der Waals surface area contributed by atoms with E-state index in [-0.39, 0.29) is 11.6 Å². The highest BCUT2D eigenvalue weighted by molar-refractivity contribution is 5.16. The van der Waals surface area contributed by atoms with Gasteiger partial charge >= 0.3 is 0 Å². The van der Waals surface area contributed by atoms with Crippen molar-refractivity contribution >= 4 is 0 Å². The fourth-order valence-electron chi connectivity index (χ4n) is 1.75. The molecule has 4 nitrogen and oxygen atoms in total. The van der Waals surface area contributed by atoms with E-state index in [0.29, 0.717) is 12.5 Å². The summed E-state index contributed by atoms with van der Waals surface area (Å²) < 4.78 is 11.1. The van der Waals surface area contributed by atoms with Gasteiger partial charge < -0.3 is 14.8 Å². The van der Waals surface area contributed by atoms with Crippen LogP contribution in [0.5, 0.6) is 5.88 Å². The highest BCUT2D eigenvalue weighted by atomic mass is 16.5. The fraction of sp³-hybridized carbons (Fsp3) is 0.643. The molecule has 1 unspecified atom stereocenters. The Bertz CT molecular complexity index is 382. The lowest BCUT2D eigenvalue weighted by molar-refractivity contribution is 0.138. The quantitative estimate of drug-likeness (QED) is 0.889. The van der Waals surface area contributed by atoms with Crippen molar-refractivity contribution in [2.24, 2.45) is 0 Å². The van der Waals surface area contributed by atoms with Crippen molar-refractivity contribution in [2.45, 2.75) is 45.4 Å². The van der Waals surface area contributed by atoms with Gasteiger partial charge in [0, 0.05) is 24.6 Å². The molecule has 0 spiro atoms. The van der Waals surface area contributed by atoms with Crippen LogP contribution in [0.15, 0.2) is 18.2 Å². The maximum atomic E-state index is 5.78. The van der Waals surface area contributed by atoms with Gasteiger partial charge in [-0.05, 0) is 26.8 Å². The fourth-order valence-corrected chi connectivity index (χ4v) is 1.75. The molecule has 2 rings (SSSR count). The molecule has 1 aromatic rings. The van der Waals surface area contributed by atoms with Crippen molar-refractivity contribution in [3.8, 4) is 5.88 Å². The molecule has 0 radical (unpaired) electrons. The molecule has 1 atom stereocenters. The third-order valence-electron chi connectivity index (χ3n) is 2.76. The summed E-state index contributed by atoms with van der Waals surface area (Å²) in [7, 11) is 0. The zero-order valence-electron chi connectivity index (χ0n) is 11.4. The lowest BCUT2D eigenvalue weighted by Gasteiger charge is -2.20. The molecule has 1 aliphatic rings. The van der Waals surface area contributed by atoms with Gasteiger partial charge in [0.15, 0.2) is 0 Å². The van der Waals surface area contributed by atoms with Crippen molar-refractivity contribution in [1.82, 2.24) is 10.3 Å². The first-order valence-corrected chi connectivity index (χ1v) is 6.48. The van der Waals surface area contributed by atoms with Crippen LogP contribution in [0.1, 0.15) is 32.9 Å². The Hall–Kier alpha value is -1.13. The molecule has 0 aliphatic carbocycles. The molecule has 2 heterocycles. The van der Waals surface area contributed by atoms with Gasteiger partial charge in [0.1, 0.15) is 6.10 Å². The van der Waals surface area contributed by atoms with Crippen molar-refractivity contribution in [1.29, 1.82) is 0 Å². The van der Waals surface area contributed by atoms with Gasteiger partial charge in [-0.2, -0.15) is 0 Å². The number of ether oxygens (including phenoxy) is 2. The highest BCUT2D eigenvalue weighted by Crippen LogP contribution is 2.15. The van der Waals surface area contributed by atoms with E-state index in [2.05, 4.69) is 31.1 Å². The van der Waals surface area contributed by atoms with E-state index >= 15 is 0 Å².